The zero-order chi connectivity index (χ0) is 17.1. The van der Waals surface area contributed by atoms with Gasteiger partial charge in [0.25, 0.3) is 5.89 Å². The number of aromatic nitrogens is 2. The average Bonchev–Trinajstić information content (AvgIpc) is 3.11. The van der Waals surface area contributed by atoms with E-state index in [2.05, 4.69) is 10.1 Å². The predicted octanol–water partition coefficient (Wildman–Crippen LogP) is 2.82. The molecule has 8 heteroatoms. The van der Waals surface area contributed by atoms with Gasteiger partial charge in [0.15, 0.2) is 5.82 Å². The topological polar surface area (TPSA) is 112 Å². The van der Waals surface area contributed by atoms with Gasteiger partial charge in [-0.2, -0.15) is 10.2 Å². The molecule has 1 N–H and O–H groups in total. The van der Waals surface area contributed by atoms with Crippen molar-refractivity contribution in [2.24, 2.45) is 0 Å². The van der Waals surface area contributed by atoms with Crippen molar-refractivity contribution in [2.75, 3.05) is 13.7 Å². The molecule has 24 heavy (non-hydrogen) atoms. The van der Waals surface area contributed by atoms with Crippen molar-refractivity contribution < 1.29 is 19.2 Å². The van der Waals surface area contributed by atoms with Gasteiger partial charge in [0.2, 0.25) is 0 Å². The molecule has 1 amide bonds. The molecule has 1 aromatic carbocycles. The molecule has 1 aromatic heterocycles. The molecule has 1 atom stereocenters. The summed E-state index contributed by atoms with van der Waals surface area (Å²) >= 11 is 0. The molecule has 0 bridgehead atoms. The van der Waals surface area contributed by atoms with E-state index in [1.807, 2.05) is 6.07 Å². The number of nitrogens with zero attached hydrogens (tertiary/aromatic N) is 4. The third-order valence-corrected chi connectivity index (χ3v) is 4.01. The summed E-state index contributed by atoms with van der Waals surface area (Å²) in [6.45, 7) is 0.460. The highest BCUT2D eigenvalue weighted by molar-refractivity contribution is 5.66. The second kappa shape index (κ2) is 6.58. The van der Waals surface area contributed by atoms with Crippen molar-refractivity contribution in [3.8, 4) is 23.3 Å². The second-order valence-electron chi connectivity index (χ2n) is 5.51. The van der Waals surface area contributed by atoms with Crippen LogP contribution >= 0.6 is 0 Å². The molecule has 0 saturated carbocycles. The van der Waals surface area contributed by atoms with E-state index in [1.54, 1.807) is 18.2 Å². The Morgan fingerprint density at radius 1 is 1.46 bits per heavy atom. The Hall–Kier alpha value is -3.08. The number of carboxylic acid groups (broad SMARTS) is 1. The molecule has 0 aliphatic carbocycles. The number of amides is 1. The molecule has 3 rings (SSSR count). The van der Waals surface area contributed by atoms with E-state index in [9.17, 15) is 9.90 Å². The largest absolute Gasteiger partial charge is 0.497 e. The first-order valence-electron chi connectivity index (χ1n) is 7.55. The fraction of sp³-hybridized carbons (Fsp3) is 0.375. The standard InChI is InChI=1S/C16H16N4O4/c1-23-12-7-10(9-17)6-11(8-12)15-18-14(19-24-15)13-4-2-3-5-20(13)16(21)22/h6-8,13H,2-5H2,1H3,(H,21,22). The van der Waals surface area contributed by atoms with Crippen LogP contribution in [0, 0.1) is 11.3 Å². The average molecular weight is 328 g/mol. The Balaban J connectivity index is 1.93. The number of hydrogen-bond donors (Lipinski definition) is 1. The number of methoxy groups -OCH3 is 1. The first-order valence-corrected chi connectivity index (χ1v) is 7.55. The van der Waals surface area contributed by atoms with E-state index in [1.165, 1.54) is 12.0 Å². The number of rotatable bonds is 3. The Morgan fingerprint density at radius 2 is 2.29 bits per heavy atom. The van der Waals surface area contributed by atoms with Crippen LogP contribution in [0.3, 0.4) is 0 Å². The van der Waals surface area contributed by atoms with Crippen LogP contribution in [0.4, 0.5) is 4.79 Å². The molecule has 2 heterocycles. The van der Waals surface area contributed by atoms with Crippen LogP contribution in [0.1, 0.15) is 36.7 Å². The lowest BCUT2D eigenvalue weighted by atomic mass is 10.0. The maximum absolute atomic E-state index is 11.4. The van der Waals surface area contributed by atoms with E-state index in [-0.39, 0.29) is 5.89 Å². The monoisotopic (exact) mass is 328 g/mol. The molecular formula is C16H16N4O4. The highest BCUT2D eigenvalue weighted by Crippen LogP contribution is 2.31. The minimum absolute atomic E-state index is 0.233. The summed E-state index contributed by atoms with van der Waals surface area (Å²) < 4.78 is 10.4. The Kier molecular flexibility index (Phi) is 4.33. The smallest absolute Gasteiger partial charge is 0.407 e. The summed E-state index contributed by atoms with van der Waals surface area (Å²) in [4.78, 5) is 17.0. The van der Waals surface area contributed by atoms with Gasteiger partial charge in [0.05, 0.1) is 24.8 Å². The minimum atomic E-state index is -0.987. The van der Waals surface area contributed by atoms with E-state index in [4.69, 9.17) is 14.5 Å². The highest BCUT2D eigenvalue weighted by Gasteiger charge is 2.31. The van der Waals surface area contributed by atoms with E-state index >= 15 is 0 Å². The van der Waals surface area contributed by atoms with Gasteiger partial charge in [-0.1, -0.05) is 5.16 Å². The van der Waals surface area contributed by atoms with Crippen LogP contribution < -0.4 is 4.74 Å². The van der Waals surface area contributed by atoms with Crippen LogP contribution in [0.5, 0.6) is 5.75 Å². The lowest BCUT2D eigenvalue weighted by Gasteiger charge is -2.31. The summed E-state index contributed by atoms with van der Waals surface area (Å²) in [5, 5.41) is 22.4. The van der Waals surface area contributed by atoms with Crippen molar-refractivity contribution in [3.63, 3.8) is 0 Å². The SMILES string of the molecule is COc1cc(C#N)cc(-c2nc(C3CCCCN3C(=O)O)no2)c1. The number of piperidine rings is 1. The molecule has 124 valence electrons. The van der Waals surface area contributed by atoms with E-state index < -0.39 is 12.1 Å². The molecule has 1 aliphatic heterocycles. The van der Waals surface area contributed by atoms with Crippen LogP contribution in [0.25, 0.3) is 11.5 Å². The minimum Gasteiger partial charge on any atom is -0.497 e. The van der Waals surface area contributed by atoms with Crippen molar-refractivity contribution in [1.29, 1.82) is 5.26 Å². The highest BCUT2D eigenvalue weighted by atomic mass is 16.5. The van der Waals surface area contributed by atoms with Gasteiger partial charge in [0, 0.05) is 12.1 Å². The fourth-order valence-corrected chi connectivity index (χ4v) is 2.82. The number of likely N-dealkylation sites (tertiary alicyclic amines) is 1. The number of benzene rings is 1. The van der Waals surface area contributed by atoms with Crippen molar-refractivity contribution in [3.05, 3.63) is 29.6 Å². The van der Waals surface area contributed by atoms with Crippen LogP contribution in [-0.4, -0.2) is 39.9 Å². The molecule has 1 aliphatic rings. The number of nitriles is 1. The maximum atomic E-state index is 11.4. The van der Waals surface area contributed by atoms with Crippen LogP contribution in [0.2, 0.25) is 0 Å². The zero-order valence-corrected chi connectivity index (χ0v) is 13.1. The molecule has 2 aromatic rings. The Labute approximate surface area is 138 Å². The molecule has 1 fully saturated rings. The number of carbonyl (C=O) groups is 1. The summed E-state index contributed by atoms with van der Waals surface area (Å²) in [7, 11) is 1.51. The summed E-state index contributed by atoms with van der Waals surface area (Å²) in [5.74, 6) is 1.08. The zero-order valence-electron chi connectivity index (χ0n) is 13.1. The summed E-state index contributed by atoms with van der Waals surface area (Å²) in [6, 6.07) is 6.55. The van der Waals surface area contributed by atoms with Gasteiger partial charge >= 0.3 is 6.09 Å². The van der Waals surface area contributed by atoms with E-state index in [0.717, 1.165) is 12.8 Å². The molecular weight excluding hydrogens is 312 g/mol. The van der Waals surface area contributed by atoms with Gasteiger partial charge in [-0.3, -0.25) is 4.90 Å². The molecule has 8 nitrogen and oxygen atoms in total. The lowest BCUT2D eigenvalue weighted by Crippen LogP contribution is -2.37. The van der Waals surface area contributed by atoms with E-state index in [0.29, 0.717) is 35.7 Å². The number of ether oxygens (including phenoxy) is 1. The van der Waals surface area contributed by atoms with Gasteiger partial charge < -0.3 is 14.4 Å². The second-order valence-corrected chi connectivity index (χ2v) is 5.51. The molecule has 0 radical (unpaired) electrons. The lowest BCUT2D eigenvalue weighted by molar-refractivity contribution is 0.103. The Morgan fingerprint density at radius 3 is 3.00 bits per heavy atom. The van der Waals surface area contributed by atoms with Crippen LogP contribution in [-0.2, 0) is 0 Å². The van der Waals surface area contributed by atoms with Crippen molar-refractivity contribution in [1.82, 2.24) is 15.0 Å². The third kappa shape index (κ3) is 3.01. The normalized spacial score (nSPS) is 17.3. The third-order valence-electron chi connectivity index (χ3n) is 4.01. The summed E-state index contributed by atoms with van der Waals surface area (Å²) in [6.07, 6.45) is 1.41. The number of hydrogen-bond acceptors (Lipinski definition) is 6. The first kappa shape index (κ1) is 15.8. The first-order chi connectivity index (χ1) is 11.6. The molecule has 1 unspecified atom stereocenters. The van der Waals surface area contributed by atoms with Gasteiger partial charge in [-0.15, -0.1) is 0 Å². The van der Waals surface area contributed by atoms with Crippen molar-refractivity contribution in [2.45, 2.75) is 25.3 Å². The predicted molar refractivity (Wildman–Crippen MR) is 82.3 cm³/mol. The molecule has 1 saturated heterocycles. The maximum Gasteiger partial charge on any atom is 0.407 e. The van der Waals surface area contributed by atoms with Crippen LogP contribution in [0.15, 0.2) is 22.7 Å². The van der Waals surface area contributed by atoms with Gasteiger partial charge in [-0.25, -0.2) is 4.79 Å². The quantitative estimate of drug-likeness (QED) is 0.921. The van der Waals surface area contributed by atoms with Gasteiger partial charge in [-0.05, 0) is 37.5 Å². The van der Waals surface area contributed by atoms with Crippen molar-refractivity contribution >= 4 is 6.09 Å². The Bertz CT molecular complexity index is 796. The summed E-state index contributed by atoms with van der Waals surface area (Å²) in [5.41, 5.74) is 0.969. The molecule has 0 spiro atoms. The van der Waals surface area contributed by atoms with Gasteiger partial charge in [0.1, 0.15) is 5.75 Å². The fourth-order valence-electron chi connectivity index (χ4n) is 2.82.